The fourth-order valence-electron chi connectivity index (χ4n) is 5.10. The maximum absolute atomic E-state index is 6.65. The molecule has 2 heteroatoms. The van der Waals surface area contributed by atoms with Gasteiger partial charge in [0.2, 0.25) is 0 Å². The molecule has 0 bridgehead atoms. The van der Waals surface area contributed by atoms with Crippen molar-refractivity contribution in [2.45, 2.75) is 96.8 Å². The predicted octanol–water partition coefficient (Wildman–Crippen LogP) is 4.53. The van der Waals surface area contributed by atoms with Crippen LogP contribution in [0.15, 0.2) is 0 Å². The summed E-state index contributed by atoms with van der Waals surface area (Å²) >= 11 is 0. The van der Waals surface area contributed by atoms with Gasteiger partial charge in [0, 0.05) is 11.5 Å². The van der Waals surface area contributed by atoms with Crippen LogP contribution in [0.5, 0.6) is 0 Å². The third-order valence-electron chi connectivity index (χ3n) is 6.87. The van der Waals surface area contributed by atoms with Gasteiger partial charge in [-0.05, 0) is 63.3 Å². The topological polar surface area (TPSA) is 21.3 Å². The van der Waals surface area contributed by atoms with Gasteiger partial charge in [-0.15, -0.1) is 0 Å². The standard InChI is InChI=1S/C19H35NO/c1-4-11-20-17-13-18(19(17)9-5-6-10-19)21-16-8-7-14(2)15(3)12-16/h14-18,20H,4-13H2,1-3H3. The van der Waals surface area contributed by atoms with Crippen molar-refractivity contribution in [1.29, 1.82) is 0 Å². The molecular weight excluding hydrogens is 258 g/mol. The summed E-state index contributed by atoms with van der Waals surface area (Å²) in [5.74, 6) is 1.74. The van der Waals surface area contributed by atoms with Gasteiger partial charge >= 0.3 is 0 Å². The van der Waals surface area contributed by atoms with Crippen molar-refractivity contribution in [2.75, 3.05) is 6.54 Å². The molecule has 1 spiro atoms. The maximum Gasteiger partial charge on any atom is 0.0665 e. The minimum Gasteiger partial charge on any atom is -0.374 e. The predicted molar refractivity (Wildman–Crippen MR) is 88.4 cm³/mol. The summed E-state index contributed by atoms with van der Waals surface area (Å²) in [5.41, 5.74) is 0.501. The van der Waals surface area contributed by atoms with E-state index in [-0.39, 0.29) is 0 Å². The van der Waals surface area contributed by atoms with E-state index in [9.17, 15) is 0 Å². The van der Waals surface area contributed by atoms with Crippen LogP contribution >= 0.6 is 0 Å². The number of nitrogens with one attached hydrogen (secondary N) is 1. The summed E-state index contributed by atoms with van der Waals surface area (Å²) < 4.78 is 6.65. The zero-order chi connectivity index (χ0) is 14.9. The second-order valence-corrected chi connectivity index (χ2v) is 8.20. The molecule has 3 rings (SSSR count). The quantitative estimate of drug-likeness (QED) is 0.804. The van der Waals surface area contributed by atoms with Crippen molar-refractivity contribution < 1.29 is 4.74 Å². The molecule has 0 aliphatic heterocycles. The largest absolute Gasteiger partial charge is 0.374 e. The van der Waals surface area contributed by atoms with Gasteiger partial charge < -0.3 is 10.1 Å². The molecule has 0 aromatic carbocycles. The summed E-state index contributed by atoms with van der Waals surface area (Å²) in [4.78, 5) is 0. The number of ether oxygens (including phenoxy) is 1. The monoisotopic (exact) mass is 293 g/mol. The minimum atomic E-state index is 0.501. The van der Waals surface area contributed by atoms with E-state index in [1.54, 1.807) is 0 Å². The molecule has 0 saturated heterocycles. The minimum absolute atomic E-state index is 0.501. The highest BCUT2D eigenvalue weighted by molar-refractivity contribution is 5.10. The third kappa shape index (κ3) is 3.03. The second-order valence-electron chi connectivity index (χ2n) is 8.20. The van der Waals surface area contributed by atoms with Crippen molar-refractivity contribution in [3.63, 3.8) is 0 Å². The van der Waals surface area contributed by atoms with Crippen LogP contribution in [0.4, 0.5) is 0 Å². The molecule has 3 saturated carbocycles. The Hall–Kier alpha value is -0.0800. The normalized spacial score (nSPS) is 42.1. The van der Waals surface area contributed by atoms with Crippen molar-refractivity contribution in [2.24, 2.45) is 17.3 Å². The van der Waals surface area contributed by atoms with Gasteiger partial charge in [0.15, 0.2) is 0 Å². The lowest BCUT2D eigenvalue weighted by atomic mass is 9.60. The molecule has 0 aromatic heterocycles. The summed E-state index contributed by atoms with van der Waals surface area (Å²) in [5, 5.41) is 3.80. The molecule has 5 unspecified atom stereocenters. The smallest absolute Gasteiger partial charge is 0.0665 e. The maximum atomic E-state index is 6.65. The first-order valence-electron chi connectivity index (χ1n) is 9.54. The summed E-state index contributed by atoms with van der Waals surface area (Å²) in [7, 11) is 0. The molecule has 3 aliphatic carbocycles. The molecule has 2 nitrogen and oxygen atoms in total. The molecule has 0 heterocycles. The van der Waals surface area contributed by atoms with Gasteiger partial charge in [0.05, 0.1) is 12.2 Å². The third-order valence-corrected chi connectivity index (χ3v) is 6.87. The molecule has 0 aromatic rings. The Kier molecular flexibility index (Phi) is 4.95. The zero-order valence-electron chi connectivity index (χ0n) is 14.4. The van der Waals surface area contributed by atoms with Crippen LogP contribution in [0, 0.1) is 17.3 Å². The second kappa shape index (κ2) is 6.58. The van der Waals surface area contributed by atoms with E-state index in [0.29, 0.717) is 17.6 Å². The van der Waals surface area contributed by atoms with E-state index in [1.165, 1.54) is 64.3 Å². The summed E-state index contributed by atoms with van der Waals surface area (Å²) in [6.07, 6.45) is 13.2. The summed E-state index contributed by atoms with van der Waals surface area (Å²) in [6.45, 7) is 8.27. The van der Waals surface area contributed by atoms with Crippen LogP contribution < -0.4 is 5.32 Å². The van der Waals surface area contributed by atoms with Crippen LogP contribution in [0.1, 0.15) is 78.6 Å². The molecule has 122 valence electrons. The van der Waals surface area contributed by atoms with Crippen molar-refractivity contribution in [3.8, 4) is 0 Å². The molecule has 0 amide bonds. The number of hydrogen-bond donors (Lipinski definition) is 1. The van der Waals surface area contributed by atoms with E-state index in [2.05, 4.69) is 26.1 Å². The zero-order valence-corrected chi connectivity index (χ0v) is 14.4. The van der Waals surface area contributed by atoms with Gasteiger partial charge in [0.25, 0.3) is 0 Å². The van der Waals surface area contributed by atoms with E-state index in [0.717, 1.165) is 17.9 Å². The van der Waals surface area contributed by atoms with Crippen LogP contribution in [-0.2, 0) is 4.74 Å². The highest BCUT2D eigenvalue weighted by Crippen LogP contribution is 2.55. The fraction of sp³-hybridized carbons (Fsp3) is 1.00. The molecule has 3 fully saturated rings. The van der Waals surface area contributed by atoms with Gasteiger partial charge in [-0.25, -0.2) is 0 Å². The molecule has 0 radical (unpaired) electrons. The van der Waals surface area contributed by atoms with Gasteiger partial charge in [0.1, 0.15) is 0 Å². The SMILES string of the molecule is CCCNC1CC(OC2CCC(C)C(C)C2)C12CCCC2. The molecule has 21 heavy (non-hydrogen) atoms. The Balaban J connectivity index is 1.56. The highest BCUT2D eigenvalue weighted by Gasteiger charge is 2.57. The van der Waals surface area contributed by atoms with Gasteiger partial charge in [-0.3, -0.25) is 0 Å². The van der Waals surface area contributed by atoms with E-state index < -0.39 is 0 Å². The van der Waals surface area contributed by atoms with Crippen molar-refractivity contribution >= 4 is 0 Å². The van der Waals surface area contributed by atoms with Crippen molar-refractivity contribution in [3.05, 3.63) is 0 Å². The number of hydrogen-bond acceptors (Lipinski definition) is 2. The highest BCUT2D eigenvalue weighted by atomic mass is 16.5. The van der Waals surface area contributed by atoms with Crippen LogP contribution in [0.2, 0.25) is 0 Å². The first-order chi connectivity index (χ1) is 10.2. The average Bonchev–Trinajstić information content (AvgIpc) is 2.98. The Bertz CT molecular complexity index is 336. The van der Waals surface area contributed by atoms with Crippen molar-refractivity contribution in [1.82, 2.24) is 5.32 Å². The Morgan fingerprint density at radius 2 is 1.81 bits per heavy atom. The number of rotatable bonds is 5. The molecule has 5 atom stereocenters. The Morgan fingerprint density at radius 3 is 2.48 bits per heavy atom. The lowest BCUT2D eigenvalue weighted by Crippen LogP contribution is -2.63. The van der Waals surface area contributed by atoms with Crippen LogP contribution in [0.3, 0.4) is 0 Å². The molecule has 1 N–H and O–H groups in total. The Morgan fingerprint density at radius 1 is 1.05 bits per heavy atom. The average molecular weight is 293 g/mol. The fourth-order valence-corrected chi connectivity index (χ4v) is 5.10. The Labute approximate surface area is 131 Å². The summed E-state index contributed by atoms with van der Waals surface area (Å²) in [6, 6.07) is 0.741. The van der Waals surface area contributed by atoms with Gasteiger partial charge in [-0.2, -0.15) is 0 Å². The first-order valence-corrected chi connectivity index (χ1v) is 9.54. The first kappa shape index (κ1) is 15.8. The molecular formula is C19H35NO. The van der Waals surface area contributed by atoms with E-state index >= 15 is 0 Å². The van der Waals surface area contributed by atoms with Crippen LogP contribution in [0.25, 0.3) is 0 Å². The lowest BCUT2D eigenvalue weighted by Gasteiger charge is -2.55. The van der Waals surface area contributed by atoms with Crippen LogP contribution in [-0.4, -0.2) is 24.8 Å². The molecule has 3 aliphatic rings. The lowest BCUT2D eigenvalue weighted by molar-refractivity contribution is -0.171. The van der Waals surface area contributed by atoms with Gasteiger partial charge in [-0.1, -0.05) is 33.6 Å². The van der Waals surface area contributed by atoms with E-state index in [1.807, 2.05) is 0 Å². The van der Waals surface area contributed by atoms with E-state index in [4.69, 9.17) is 4.74 Å².